The van der Waals surface area contributed by atoms with Crippen LogP contribution in [-0.2, 0) is 17.7 Å². The van der Waals surface area contributed by atoms with Crippen LogP contribution in [0.5, 0.6) is 0 Å². The number of aryl methyl sites for hydroxylation is 1. The van der Waals surface area contributed by atoms with Crippen LogP contribution in [0.1, 0.15) is 53.5 Å². The number of nitriles is 1. The van der Waals surface area contributed by atoms with Gasteiger partial charge in [-0.1, -0.05) is 68.3 Å². The molecule has 0 saturated carbocycles. The molecule has 1 aromatic heterocycles. The van der Waals surface area contributed by atoms with Gasteiger partial charge in [-0.2, -0.15) is 5.26 Å². The van der Waals surface area contributed by atoms with E-state index in [4.69, 9.17) is 9.72 Å². The molecule has 4 aromatic rings. The molecule has 3 aromatic carbocycles. The summed E-state index contributed by atoms with van der Waals surface area (Å²) in [5.41, 5.74) is 5.61. The Balaban J connectivity index is 1.79. The molecule has 0 aliphatic carbocycles. The lowest BCUT2D eigenvalue weighted by molar-refractivity contribution is 0.0602. The SMILES string of the molecule is CCCCCc1nc2cccc(C(=O)OC)c2n1Cc1ccc(-c2ccccc2)c(C#N)c1. The first-order chi connectivity index (χ1) is 16.2. The number of ether oxygens (including phenoxy) is 1. The number of hydrogen-bond donors (Lipinski definition) is 0. The quantitative estimate of drug-likeness (QED) is 0.245. The fraction of sp³-hybridized carbons (Fsp3) is 0.250. The summed E-state index contributed by atoms with van der Waals surface area (Å²) in [7, 11) is 1.39. The molecule has 0 bridgehead atoms. The number of aromatic nitrogens is 2. The minimum absolute atomic E-state index is 0.376. The van der Waals surface area contributed by atoms with E-state index in [1.807, 2.05) is 60.7 Å². The minimum Gasteiger partial charge on any atom is -0.465 e. The number of hydrogen-bond acceptors (Lipinski definition) is 4. The lowest BCUT2D eigenvalue weighted by Crippen LogP contribution is -2.10. The summed E-state index contributed by atoms with van der Waals surface area (Å²) < 4.78 is 7.14. The first kappa shape index (κ1) is 22.3. The average Bonchev–Trinajstić information content (AvgIpc) is 3.21. The van der Waals surface area contributed by atoms with Crippen molar-refractivity contribution in [3.8, 4) is 17.2 Å². The Morgan fingerprint density at radius 1 is 1.06 bits per heavy atom. The molecule has 166 valence electrons. The monoisotopic (exact) mass is 437 g/mol. The molecule has 0 N–H and O–H groups in total. The van der Waals surface area contributed by atoms with Gasteiger partial charge in [0.2, 0.25) is 0 Å². The van der Waals surface area contributed by atoms with E-state index in [0.29, 0.717) is 17.7 Å². The fourth-order valence-corrected chi connectivity index (χ4v) is 4.24. The molecular formula is C28H27N3O2. The van der Waals surface area contributed by atoms with Gasteiger partial charge >= 0.3 is 5.97 Å². The van der Waals surface area contributed by atoms with E-state index >= 15 is 0 Å². The van der Waals surface area contributed by atoms with Crippen LogP contribution in [0, 0.1) is 11.3 Å². The van der Waals surface area contributed by atoms with Crippen LogP contribution in [-0.4, -0.2) is 22.6 Å². The molecule has 0 radical (unpaired) electrons. The Morgan fingerprint density at radius 3 is 2.61 bits per heavy atom. The van der Waals surface area contributed by atoms with E-state index in [1.165, 1.54) is 7.11 Å². The van der Waals surface area contributed by atoms with Crippen LogP contribution in [0.15, 0.2) is 66.7 Å². The summed E-state index contributed by atoms with van der Waals surface area (Å²) in [5.74, 6) is 0.569. The molecule has 0 atom stereocenters. The highest BCUT2D eigenvalue weighted by atomic mass is 16.5. The third-order valence-electron chi connectivity index (χ3n) is 5.88. The molecular weight excluding hydrogens is 410 g/mol. The van der Waals surface area contributed by atoms with Crippen molar-refractivity contribution in [2.45, 2.75) is 39.2 Å². The highest BCUT2D eigenvalue weighted by Gasteiger charge is 2.19. The molecule has 0 unspecified atom stereocenters. The Kier molecular flexibility index (Phi) is 6.85. The van der Waals surface area contributed by atoms with Gasteiger partial charge in [0.05, 0.1) is 35.3 Å². The maximum Gasteiger partial charge on any atom is 0.340 e. The third kappa shape index (κ3) is 4.65. The molecule has 4 rings (SSSR count). The standard InChI is InChI=1S/C28H27N3O2/c1-3-4-6-14-26-30-25-13-9-12-24(28(32)33-2)27(25)31(26)19-20-15-16-23(22(17-20)18-29)21-10-7-5-8-11-21/h5,7-13,15-17H,3-4,6,14,19H2,1-2H3. The smallest absolute Gasteiger partial charge is 0.340 e. The molecule has 1 heterocycles. The molecule has 33 heavy (non-hydrogen) atoms. The molecule has 0 saturated heterocycles. The number of para-hydroxylation sites is 1. The van der Waals surface area contributed by atoms with Gasteiger partial charge < -0.3 is 9.30 Å². The van der Waals surface area contributed by atoms with Crippen LogP contribution in [0.2, 0.25) is 0 Å². The van der Waals surface area contributed by atoms with Crippen LogP contribution < -0.4 is 0 Å². The van der Waals surface area contributed by atoms with E-state index < -0.39 is 0 Å². The van der Waals surface area contributed by atoms with Crippen molar-refractivity contribution in [1.82, 2.24) is 9.55 Å². The minimum atomic E-state index is -0.376. The van der Waals surface area contributed by atoms with Crippen LogP contribution in [0.25, 0.3) is 22.2 Å². The molecule has 0 amide bonds. The normalized spacial score (nSPS) is 10.8. The number of esters is 1. The number of carbonyl (C=O) groups excluding carboxylic acids is 1. The summed E-state index contributed by atoms with van der Waals surface area (Å²) >= 11 is 0. The Hall–Kier alpha value is -3.91. The van der Waals surface area contributed by atoms with Crippen molar-refractivity contribution >= 4 is 17.0 Å². The second kappa shape index (κ2) is 10.1. The van der Waals surface area contributed by atoms with E-state index in [0.717, 1.165) is 59.2 Å². The Labute approximate surface area is 194 Å². The lowest BCUT2D eigenvalue weighted by Gasteiger charge is -2.13. The first-order valence-corrected chi connectivity index (χ1v) is 11.3. The topological polar surface area (TPSA) is 67.9 Å². The number of fused-ring (bicyclic) bond motifs is 1. The second-order valence-corrected chi connectivity index (χ2v) is 8.09. The van der Waals surface area contributed by atoms with Crippen molar-refractivity contribution in [2.75, 3.05) is 7.11 Å². The lowest BCUT2D eigenvalue weighted by atomic mass is 9.98. The Bertz CT molecular complexity index is 1320. The van der Waals surface area contributed by atoms with Crippen LogP contribution >= 0.6 is 0 Å². The number of imidazole rings is 1. The average molecular weight is 438 g/mol. The summed E-state index contributed by atoms with van der Waals surface area (Å²) in [4.78, 5) is 17.4. The number of nitrogens with zero attached hydrogens (tertiary/aromatic N) is 3. The van der Waals surface area contributed by atoms with Gasteiger partial charge in [0.15, 0.2) is 0 Å². The zero-order valence-corrected chi connectivity index (χ0v) is 19.0. The maximum atomic E-state index is 12.5. The van der Waals surface area contributed by atoms with E-state index in [-0.39, 0.29) is 5.97 Å². The highest BCUT2D eigenvalue weighted by molar-refractivity contribution is 6.02. The molecule has 0 aliphatic heterocycles. The van der Waals surface area contributed by atoms with Gasteiger partial charge in [-0.05, 0) is 41.3 Å². The number of unbranched alkanes of at least 4 members (excludes halogenated alkanes) is 2. The molecule has 0 fully saturated rings. The predicted molar refractivity (Wildman–Crippen MR) is 130 cm³/mol. The number of benzene rings is 3. The summed E-state index contributed by atoms with van der Waals surface area (Å²) in [6.07, 6.45) is 4.11. The zero-order chi connectivity index (χ0) is 23.2. The Morgan fingerprint density at radius 2 is 1.88 bits per heavy atom. The van der Waals surface area contributed by atoms with Crippen molar-refractivity contribution in [3.63, 3.8) is 0 Å². The molecule has 0 spiro atoms. The van der Waals surface area contributed by atoms with Crippen molar-refractivity contribution in [1.29, 1.82) is 5.26 Å². The molecule has 5 nitrogen and oxygen atoms in total. The number of carbonyl (C=O) groups is 1. The van der Waals surface area contributed by atoms with Crippen molar-refractivity contribution in [2.24, 2.45) is 0 Å². The molecule has 5 heteroatoms. The van der Waals surface area contributed by atoms with Gasteiger partial charge in [0, 0.05) is 13.0 Å². The van der Waals surface area contributed by atoms with E-state index in [2.05, 4.69) is 17.6 Å². The number of rotatable bonds is 8. The summed E-state index contributed by atoms with van der Waals surface area (Å²) in [6.45, 7) is 2.70. The van der Waals surface area contributed by atoms with Gasteiger partial charge in [0.1, 0.15) is 5.82 Å². The maximum absolute atomic E-state index is 12.5. The largest absolute Gasteiger partial charge is 0.465 e. The van der Waals surface area contributed by atoms with Gasteiger partial charge in [0.25, 0.3) is 0 Å². The van der Waals surface area contributed by atoms with Crippen molar-refractivity contribution < 1.29 is 9.53 Å². The predicted octanol–water partition coefficient (Wildman–Crippen LogP) is 6.14. The van der Waals surface area contributed by atoms with Crippen molar-refractivity contribution in [3.05, 3.63) is 89.2 Å². The number of methoxy groups -OCH3 is 1. The van der Waals surface area contributed by atoms with Gasteiger partial charge in [-0.15, -0.1) is 0 Å². The summed E-state index contributed by atoms with van der Waals surface area (Å²) in [6, 6.07) is 23.8. The van der Waals surface area contributed by atoms with E-state index in [1.54, 1.807) is 6.07 Å². The second-order valence-electron chi connectivity index (χ2n) is 8.09. The third-order valence-corrected chi connectivity index (χ3v) is 5.88. The van der Waals surface area contributed by atoms with Crippen LogP contribution in [0.4, 0.5) is 0 Å². The molecule has 0 aliphatic rings. The summed E-state index contributed by atoms with van der Waals surface area (Å²) in [5, 5.41) is 9.82. The van der Waals surface area contributed by atoms with E-state index in [9.17, 15) is 10.1 Å². The first-order valence-electron chi connectivity index (χ1n) is 11.3. The van der Waals surface area contributed by atoms with Crippen LogP contribution in [0.3, 0.4) is 0 Å². The fourth-order valence-electron chi connectivity index (χ4n) is 4.24. The van der Waals surface area contributed by atoms with Gasteiger partial charge in [-0.25, -0.2) is 9.78 Å². The van der Waals surface area contributed by atoms with Gasteiger partial charge in [-0.3, -0.25) is 0 Å². The highest BCUT2D eigenvalue weighted by Crippen LogP contribution is 2.27. The zero-order valence-electron chi connectivity index (χ0n) is 19.0.